The Morgan fingerprint density at radius 3 is 2.41 bits per heavy atom. The molecule has 0 aliphatic carbocycles. The lowest BCUT2D eigenvalue weighted by Gasteiger charge is -2.12. The number of carbonyl (C=O) groups excluding carboxylic acids is 1. The maximum absolute atomic E-state index is 12.1. The monoisotopic (exact) mass is 371 g/mol. The third kappa shape index (κ3) is 6.33. The Morgan fingerprint density at radius 1 is 0.963 bits per heavy atom. The van der Waals surface area contributed by atoms with Crippen molar-refractivity contribution < 1.29 is 24.2 Å². The van der Waals surface area contributed by atoms with Gasteiger partial charge in [0.2, 0.25) is 5.91 Å². The number of benzene rings is 2. The lowest BCUT2D eigenvalue weighted by atomic mass is 10.1. The molecule has 0 bridgehead atoms. The van der Waals surface area contributed by atoms with E-state index >= 15 is 0 Å². The molecule has 0 heterocycles. The van der Waals surface area contributed by atoms with Crippen molar-refractivity contribution >= 4 is 11.9 Å². The van der Waals surface area contributed by atoms with Gasteiger partial charge in [-0.15, -0.1) is 0 Å². The number of aromatic carboxylic acids is 1. The molecule has 144 valence electrons. The van der Waals surface area contributed by atoms with Gasteiger partial charge in [0.15, 0.2) is 11.5 Å². The molecule has 2 aromatic carbocycles. The van der Waals surface area contributed by atoms with E-state index in [1.165, 1.54) is 12.1 Å². The molecule has 0 unspecified atom stereocenters. The van der Waals surface area contributed by atoms with Crippen LogP contribution in [0.4, 0.5) is 0 Å². The minimum atomic E-state index is -1.00. The number of hydrogen-bond donors (Lipinski definition) is 2. The Morgan fingerprint density at radius 2 is 1.70 bits per heavy atom. The van der Waals surface area contributed by atoms with Crippen LogP contribution in [-0.2, 0) is 17.6 Å². The van der Waals surface area contributed by atoms with Crippen molar-refractivity contribution in [2.75, 3.05) is 19.8 Å². The zero-order chi connectivity index (χ0) is 19.6. The molecule has 0 saturated carbocycles. The van der Waals surface area contributed by atoms with Crippen molar-refractivity contribution in [2.24, 2.45) is 0 Å². The second-order valence-corrected chi connectivity index (χ2v) is 5.93. The van der Waals surface area contributed by atoms with Crippen molar-refractivity contribution in [3.63, 3.8) is 0 Å². The number of ether oxygens (including phenoxy) is 2. The summed E-state index contributed by atoms with van der Waals surface area (Å²) < 4.78 is 11.2. The predicted octanol–water partition coefficient (Wildman–Crippen LogP) is 3.08. The molecular formula is C21H25NO5. The Labute approximate surface area is 159 Å². The molecule has 0 saturated heterocycles. The SMILES string of the molecule is CCOc1ccc(CCNC(=O)Cc2cccc(C(=O)O)c2)cc1OCC. The van der Waals surface area contributed by atoms with Crippen LogP contribution in [0.5, 0.6) is 11.5 Å². The highest BCUT2D eigenvalue weighted by molar-refractivity contribution is 5.88. The van der Waals surface area contributed by atoms with E-state index < -0.39 is 5.97 Å². The molecular weight excluding hydrogens is 346 g/mol. The van der Waals surface area contributed by atoms with Gasteiger partial charge in [-0.1, -0.05) is 18.2 Å². The van der Waals surface area contributed by atoms with Crippen LogP contribution in [0.1, 0.15) is 35.3 Å². The Bertz CT molecular complexity index is 788. The summed E-state index contributed by atoms with van der Waals surface area (Å²) in [6.07, 6.45) is 0.808. The molecule has 6 nitrogen and oxygen atoms in total. The fourth-order valence-corrected chi connectivity index (χ4v) is 2.66. The van der Waals surface area contributed by atoms with Crippen LogP contribution >= 0.6 is 0 Å². The number of rotatable bonds is 10. The van der Waals surface area contributed by atoms with Gasteiger partial charge in [0.1, 0.15) is 0 Å². The summed E-state index contributed by atoms with van der Waals surface area (Å²) in [5.41, 5.74) is 1.89. The topological polar surface area (TPSA) is 84.9 Å². The second kappa shape index (κ2) is 10.2. The Kier molecular flexibility index (Phi) is 7.67. The van der Waals surface area contributed by atoms with E-state index in [2.05, 4.69) is 5.32 Å². The summed E-state index contributed by atoms with van der Waals surface area (Å²) in [5, 5.41) is 11.9. The fraction of sp³-hybridized carbons (Fsp3) is 0.333. The van der Waals surface area contributed by atoms with Gasteiger partial charge < -0.3 is 19.9 Å². The first-order chi connectivity index (χ1) is 13.0. The highest BCUT2D eigenvalue weighted by atomic mass is 16.5. The zero-order valence-electron chi connectivity index (χ0n) is 15.7. The van der Waals surface area contributed by atoms with Gasteiger partial charge in [-0.05, 0) is 55.7 Å². The van der Waals surface area contributed by atoms with Crippen LogP contribution in [0.15, 0.2) is 42.5 Å². The minimum Gasteiger partial charge on any atom is -0.490 e. The van der Waals surface area contributed by atoms with Crippen molar-refractivity contribution in [1.82, 2.24) is 5.32 Å². The van der Waals surface area contributed by atoms with E-state index in [1.807, 2.05) is 32.0 Å². The molecule has 6 heteroatoms. The van der Waals surface area contributed by atoms with Crippen molar-refractivity contribution in [1.29, 1.82) is 0 Å². The minimum absolute atomic E-state index is 0.145. The van der Waals surface area contributed by atoms with Crippen LogP contribution in [0.3, 0.4) is 0 Å². The highest BCUT2D eigenvalue weighted by Crippen LogP contribution is 2.28. The quantitative estimate of drug-likeness (QED) is 0.670. The van der Waals surface area contributed by atoms with E-state index in [0.29, 0.717) is 43.2 Å². The number of carboxylic acids is 1. The van der Waals surface area contributed by atoms with Crippen molar-refractivity contribution in [2.45, 2.75) is 26.7 Å². The molecule has 0 fully saturated rings. The molecule has 0 spiro atoms. The smallest absolute Gasteiger partial charge is 0.335 e. The molecule has 27 heavy (non-hydrogen) atoms. The van der Waals surface area contributed by atoms with E-state index in [4.69, 9.17) is 14.6 Å². The van der Waals surface area contributed by atoms with Crippen LogP contribution in [0.25, 0.3) is 0 Å². The van der Waals surface area contributed by atoms with Crippen LogP contribution in [0, 0.1) is 0 Å². The Balaban J connectivity index is 1.88. The number of nitrogens with one attached hydrogen (secondary N) is 1. The lowest BCUT2D eigenvalue weighted by Crippen LogP contribution is -2.27. The molecule has 2 aromatic rings. The van der Waals surface area contributed by atoms with Crippen molar-refractivity contribution in [3.8, 4) is 11.5 Å². The first-order valence-electron chi connectivity index (χ1n) is 9.01. The van der Waals surface area contributed by atoms with Gasteiger partial charge in [0, 0.05) is 6.54 Å². The average molecular weight is 371 g/mol. The summed E-state index contributed by atoms with van der Waals surface area (Å²) in [7, 11) is 0. The standard InChI is InChI=1S/C21H25NO5/c1-3-26-18-9-8-15(13-19(18)27-4-2)10-11-22-20(23)14-16-6-5-7-17(12-16)21(24)25/h5-9,12-13H,3-4,10-11,14H2,1-2H3,(H,22,23)(H,24,25). The lowest BCUT2D eigenvalue weighted by molar-refractivity contribution is -0.120. The van der Waals surface area contributed by atoms with E-state index in [0.717, 1.165) is 5.56 Å². The third-order valence-corrected chi connectivity index (χ3v) is 3.88. The summed E-state index contributed by atoms with van der Waals surface area (Å²) in [6, 6.07) is 12.2. The summed E-state index contributed by atoms with van der Waals surface area (Å²) in [4.78, 5) is 23.1. The van der Waals surface area contributed by atoms with Gasteiger partial charge in [0.05, 0.1) is 25.2 Å². The normalized spacial score (nSPS) is 10.3. The number of carbonyl (C=O) groups is 2. The van der Waals surface area contributed by atoms with Gasteiger partial charge >= 0.3 is 5.97 Å². The number of amides is 1. The first-order valence-corrected chi connectivity index (χ1v) is 9.01. The molecule has 0 atom stereocenters. The summed E-state index contributed by atoms with van der Waals surface area (Å²) in [6.45, 7) is 5.44. The molecule has 1 amide bonds. The maximum Gasteiger partial charge on any atom is 0.335 e. The molecule has 2 N–H and O–H groups in total. The van der Waals surface area contributed by atoms with E-state index in [9.17, 15) is 9.59 Å². The van der Waals surface area contributed by atoms with E-state index in [-0.39, 0.29) is 17.9 Å². The zero-order valence-corrected chi connectivity index (χ0v) is 15.7. The van der Waals surface area contributed by atoms with Crippen LogP contribution in [0.2, 0.25) is 0 Å². The number of hydrogen-bond acceptors (Lipinski definition) is 4. The predicted molar refractivity (Wildman–Crippen MR) is 103 cm³/mol. The van der Waals surface area contributed by atoms with E-state index in [1.54, 1.807) is 12.1 Å². The van der Waals surface area contributed by atoms with Crippen LogP contribution < -0.4 is 14.8 Å². The maximum atomic E-state index is 12.1. The van der Waals surface area contributed by atoms with Gasteiger partial charge in [-0.2, -0.15) is 0 Å². The van der Waals surface area contributed by atoms with Gasteiger partial charge in [-0.25, -0.2) is 4.79 Å². The Hall–Kier alpha value is -3.02. The second-order valence-electron chi connectivity index (χ2n) is 5.93. The fourth-order valence-electron chi connectivity index (χ4n) is 2.66. The van der Waals surface area contributed by atoms with Crippen molar-refractivity contribution in [3.05, 3.63) is 59.2 Å². The van der Waals surface area contributed by atoms with Gasteiger partial charge in [0.25, 0.3) is 0 Å². The molecule has 0 aliphatic heterocycles. The number of carboxylic acid groups (broad SMARTS) is 1. The summed E-state index contributed by atoms with van der Waals surface area (Å²) >= 11 is 0. The molecule has 0 aliphatic rings. The molecule has 2 rings (SSSR count). The molecule has 0 aromatic heterocycles. The summed E-state index contributed by atoms with van der Waals surface area (Å²) in [5.74, 6) is 0.269. The largest absolute Gasteiger partial charge is 0.490 e. The average Bonchev–Trinajstić information content (AvgIpc) is 2.64. The highest BCUT2D eigenvalue weighted by Gasteiger charge is 2.09. The molecule has 0 radical (unpaired) electrons. The third-order valence-electron chi connectivity index (χ3n) is 3.88. The first kappa shape index (κ1) is 20.3. The van der Waals surface area contributed by atoms with Crippen LogP contribution in [-0.4, -0.2) is 36.7 Å². The van der Waals surface area contributed by atoms with Gasteiger partial charge in [-0.3, -0.25) is 4.79 Å².